The highest BCUT2D eigenvalue weighted by molar-refractivity contribution is 5.84. The lowest BCUT2D eigenvalue weighted by Gasteiger charge is -2.10. The lowest BCUT2D eigenvalue weighted by molar-refractivity contribution is -0.0522. The predicted octanol–water partition coefficient (Wildman–Crippen LogP) is 9.25. The summed E-state index contributed by atoms with van der Waals surface area (Å²) < 4.78 is 63.8. The maximum Gasteiger partial charge on any atom is 0.387 e. The van der Waals surface area contributed by atoms with Crippen LogP contribution in [0.3, 0.4) is 0 Å². The third-order valence-corrected chi connectivity index (χ3v) is 6.89. The summed E-state index contributed by atoms with van der Waals surface area (Å²) in [5.74, 6) is -0.750. The first kappa shape index (κ1) is 28.5. The number of unbranched alkanes of at least 4 members (excludes halogenated alkanes) is 3. The molecule has 0 N–H and O–H groups in total. The zero-order chi connectivity index (χ0) is 27.6. The molecule has 0 saturated heterocycles. The number of rotatable bonds is 14. The fourth-order valence-electron chi connectivity index (χ4n) is 4.67. The van der Waals surface area contributed by atoms with E-state index in [1.807, 2.05) is 36.4 Å². The molecule has 0 aliphatic heterocycles. The van der Waals surface area contributed by atoms with Crippen molar-refractivity contribution < 1.29 is 27.0 Å². The van der Waals surface area contributed by atoms with Crippen LogP contribution in [0.4, 0.5) is 17.6 Å². The SMILES string of the molecule is CCCCCCOc1ccc(CCc2ccc3c(F)c(CCc4ccc(OC(F)F)c(F)c4)ccc3c2)cc1. The number of halogens is 4. The standard InChI is InChI=1S/C33H34F4O2/c1-2-3-4-5-20-38-28-16-9-23(10-17-28)6-7-24-11-18-29-27(21-24)15-14-26(32(29)35)13-8-25-12-19-31(30(34)22-25)39-33(36)37/h9-12,14-19,21-22,33H,2-8,13,20H2,1H3. The quantitative estimate of drug-likeness (QED) is 0.118. The number of hydrogen-bond donors (Lipinski definition) is 0. The van der Waals surface area contributed by atoms with E-state index in [2.05, 4.69) is 23.8 Å². The van der Waals surface area contributed by atoms with Crippen LogP contribution in [0.2, 0.25) is 0 Å². The van der Waals surface area contributed by atoms with Crippen molar-refractivity contribution in [3.8, 4) is 11.5 Å². The summed E-state index contributed by atoms with van der Waals surface area (Å²) >= 11 is 0. The fraction of sp³-hybridized carbons (Fsp3) is 0.333. The van der Waals surface area contributed by atoms with Gasteiger partial charge in [-0.15, -0.1) is 0 Å². The molecule has 0 saturated carbocycles. The molecule has 0 amide bonds. The maximum atomic E-state index is 15.2. The molecule has 4 rings (SSSR count). The molecule has 0 radical (unpaired) electrons. The number of aryl methyl sites for hydroxylation is 4. The summed E-state index contributed by atoms with van der Waals surface area (Å²) in [5.41, 5.74) is 3.46. The largest absolute Gasteiger partial charge is 0.494 e. The highest BCUT2D eigenvalue weighted by Gasteiger charge is 2.12. The van der Waals surface area contributed by atoms with Crippen molar-refractivity contribution in [2.75, 3.05) is 6.61 Å². The van der Waals surface area contributed by atoms with Crippen LogP contribution in [0.15, 0.2) is 72.8 Å². The van der Waals surface area contributed by atoms with Gasteiger partial charge in [-0.2, -0.15) is 8.78 Å². The number of hydrogen-bond acceptors (Lipinski definition) is 2. The molecule has 2 nitrogen and oxygen atoms in total. The molecule has 0 aromatic heterocycles. The lowest BCUT2D eigenvalue weighted by atomic mass is 9.97. The molecule has 206 valence electrons. The molecule has 4 aromatic carbocycles. The van der Waals surface area contributed by atoms with Crippen molar-refractivity contribution >= 4 is 10.8 Å². The van der Waals surface area contributed by atoms with Crippen molar-refractivity contribution in [2.45, 2.75) is 64.9 Å². The molecular formula is C33H34F4O2. The lowest BCUT2D eigenvalue weighted by Crippen LogP contribution is -2.04. The summed E-state index contributed by atoms with van der Waals surface area (Å²) in [5, 5.41) is 1.38. The van der Waals surface area contributed by atoms with Crippen molar-refractivity contribution in [3.05, 3.63) is 107 Å². The van der Waals surface area contributed by atoms with E-state index < -0.39 is 18.2 Å². The van der Waals surface area contributed by atoms with Gasteiger partial charge in [-0.05, 0) is 84.0 Å². The van der Waals surface area contributed by atoms with Crippen LogP contribution in [-0.2, 0) is 25.7 Å². The van der Waals surface area contributed by atoms with E-state index in [0.717, 1.165) is 48.6 Å². The van der Waals surface area contributed by atoms with E-state index in [-0.39, 0.29) is 5.82 Å². The minimum Gasteiger partial charge on any atom is -0.494 e. The average molecular weight is 539 g/mol. The monoisotopic (exact) mass is 538 g/mol. The van der Waals surface area contributed by atoms with Gasteiger partial charge in [-0.3, -0.25) is 0 Å². The van der Waals surface area contributed by atoms with E-state index in [1.54, 1.807) is 6.07 Å². The minimum absolute atomic E-state index is 0.289. The van der Waals surface area contributed by atoms with E-state index in [1.165, 1.54) is 37.0 Å². The second-order valence-corrected chi connectivity index (χ2v) is 9.79. The summed E-state index contributed by atoms with van der Waals surface area (Å²) in [4.78, 5) is 0. The summed E-state index contributed by atoms with van der Waals surface area (Å²) in [6, 6.07) is 21.5. The molecule has 0 fully saturated rings. The minimum atomic E-state index is -3.09. The van der Waals surface area contributed by atoms with E-state index >= 15 is 4.39 Å². The summed E-state index contributed by atoms with van der Waals surface area (Å²) in [7, 11) is 0. The average Bonchev–Trinajstić information content (AvgIpc) is 2.93. The van der Waals surface area contributed by atoms with Gasteiger partial charge < -0.3 is 9.47 Å². The first-order chi connectivity index (χ1) is 18.9. The smallest absolute Gasteiger partial charge is 0.387 e. The normalized spacial score (nSPS) is 11.3. The molecule has 39 heavy (non-hydrogen) atoms. The van der Waals surface area contributed by atoms with Crippen LogP contribution < -0.4 is 9.47 Å². The Morgan fingerprint density at radius 2 is 1.38 bits per heavy atom. The Hall–Kier alpha value is -3.54. The molecule has 0 bridgehead atoms. The second-order valence-electron chi connectivity index (χ2n) is 9.79. The molecule has 0 atom stereocenters. The van der Waals surface area contributed by atoms with Gasteiger partial charge in [0.1, 0.15) is 11.6 Å². The maximum absolute atomic E-state index is 15.2. The third-order valence-electron chi connectivity index (χ3n) is 6.89. The van der Waals surface area contributed by atoms with Gasteiger partial charge in [-0.1, -0.05) is 74.7 Å². The zero-order valence-corrected chi connectivity index (χ0v) is 22.2. The first-order valence-corrected chi connectivity index (χ1v) is 13.6. The van der Waals surface area contributed by atoms with E-state index in [4.69, 9.17) is 4.74 Å². The Bertz CT molecular complexity index is 1350. The van der Waals surface area contributed by atoms with Gasteiger partial charge in [0.15, 0.2) is 11.6 Å². The van der Waals surface area contributed by atoms with Crippen molar-refractivity contribution in [3.63, 3.8) is 0 Å². The molecule has 0 heterocycles. The van der Waals surface area contributed by atoms with E-state index in [9.17, 15) is 13.2 Å². The van der Waals surface area contributed by atoms with Gasteiger partial charge in [0.25, 0.3) is 0 Å². The Kier molecular flexibility index (Phi) is 10.2. The molecule has 0 spiro atoms. The Morgan fingerprint density at radius 1 is 0.692 bits per heavy atom. The van der Waals surface area contributed by atoms with E-state index in [0.29, 0.717) is 29.4 Å². The number of fused-ring (bicyclic) bond motifs is 1. The van der Waals surface area contributed by atoms with Gasteiger partial charge >= 0.3 is 6.61 Å². The van der Waals surface area contributed by atoms with Gasteiger partial charge in [-0.25, -0.2) is 8.78 Å². The van der Waals surface area contributed by atoms with Crippen LogP contribution in [-0.4, -0.2) is 13.2 Å². The molecule has 0 unspecified atom stereocenters. The molecule has 0 aliphatic rings. The number of ether oxygens (including phenoxy) is 2. The van der Waals surface area contributed by atoms with Crippen LogP contribution in [0.25, 0.3) is 10.8 Å². The van der Waals surface area contributed by atoms with Gasteiger partial charge in [0.2, 0.25) is 0 Å². The highest BCUT2D eigenvalue weighted by atomic mass is 19.3. The Labute approximate surface area is 227 Å². The Morgan fingerprint density at radius 3 is 2.13 bits per heavy atom. The molecule has 0 aliphatic carbocycles. The second kappa shape index (κ2) is 14.0. The van der Waals surface area contributed by atoms with Crippen LogP contribution in [0.5, 0.6) is 11.5 Å². The van der Waals surface area contributed by atoms with Crippen molar-refractivity contribution in [2.24, 2.45) is 0 Å². The molecule has 6 heteroatoms. The van der Waals surface area contributed by atoms with Gasteiger partial charge in [0.05, 0.1) is 6.61 Å². The number of benzene rings is 4. The van der Waals surface area contributed by atoms with Gasteiger partial charge in [0, 0.05) is 5.39 Å². The topological polar surface area (TPSA) is 18.5 Å². The number of alkyl halides is 2. The third kappa shape index (κ3) is 8.22. The van der Waals surface area contributed by atoms with Crippen LogP contribution in [0.1, 0.15) is 54.9 Å². The Balaban J connectivity index is 1.32. The highest BCUT2D eigenvalue weighted by Crippen LogP contribution is 2.26. The van der Waals surface area contributed by atoms with Crippen molar-refractivity contribution in [1.82, 2.24) is 0 Å². The fourth-order valence-corrected chi connectivity index (χ4v) is 4.67. The summed E-state index contributed by atoms with van der Waals surface area (Å²) in [6.45, 7) is -0.143. The van der Waals surface area contributed by atoms with Crippen LogP contribution >= 0.6 is 0 Å². The molecular weight excluding hydrogens is 504 g/mol. The first-order valence-electron chi connectivity index (χ1n) is 13.6. The van der Waals surface area contributed by atoms with Crippen LogP contribution in [0, 0.1) is 11.6 Å². The summed E-state index contributed by atoms with van der Waals surface area (Å²) in [6.07, 6.45) is 7.18. The zero-order valence-electron chi connectivity index (χ0n) is 22.2. The van der Waals surface area contributed by atoms with Crippen molar-refractivity contribution in [1.29, 1.82) is 0 Å². The predicted molar refractivity (Wildman–Crippen MR) is 148 cm³/mol. The molecule has 4 aromatic rings.